The molecular weight excluding hydrogens is 248 g/mol. The van der Waals surface area contributed by atoms with Crippen molar-refractivity contribution in [2.75, 3.05) is 5.33 Å². The fourth-order valence-corrected chi connectivity index (χ4v) is 1.79. The predicted molar refractivity (Wildman–Crippen MR) is 54.0 cm³/mol. The van der Waals surface area contributed by atoms with Crippen molar-refractivity contribution in [1.29, 1.82) is 10.7 Å². The molecule has 1 aliphatic heterocycles. The second kappa shape index (κ2) is 3.54. The van der Waals surface area contributed by atoms with Gasteiger partial charge in [0.2, 0.25) is 11.3 Å². The number of ketones is 1. The van der Waals surface area contributed by atoms with Crippen molar-refractivity contribution in [3.8, 4) is 6.07 Å². The minimum absolute atomic E-state index is 0.0386. The molecule has 0 fully saturated rings. The number of Topliss-reactive ketones (excluding diaryl/α,β-unsaturated/α-hetero) is 1. The number of nitrogens with zero attached hydrogens (tertiary/aromatic N) is 1. The summed E-state index contributed by atoms with van der Waals surface area (Å²) >= 11 is 3.00. The first-order chi connectivity index (χ1) is 6.50. The zero-order valence-corrected chi connectivity index (χ0v) is 9.43. The molecule has 1 rings (SSSR count). The van der Waals surface area contributed by atoms with Crippen molar-refractivity contribution >= 4 is 27.6 Å². The van der Waals surface area contributed by atoms with Gasteiger partial charge in [0.25, 0.3) is 0 Å². The number of halogens is 1. The molecule has 0 unspecified atom stereocenters. The number of hydrogen-bond acceptors (Lipinski definition) is 4. The van der Waals surface area contributed by atoms with Crippen LogP contribution in [0.2, 0.25) is 0 Å². The molecule has 1 aliphatic rings. The highest BCUT2D eigenvalue weighted by atomic mass is 79.9. The first-order valence-electron chi connectivity index (χ1n) is 3.96. The molecule has 0 spiro atoms. The molecular formula is C9H9BrN2O2. The monoisotopic (exact) mass is 256 g/mol. The van der Waals surface area contributed by atoms with Crippen LogP contribution in [0.25, 0.3) is 0 Å². The second-order valence-corrected chi connectivity index (χ2v) is 3.59. The van der Waals surface area contributed by atoms with Crippen molar-refractivity contribution in [3.63, 3.8) is 0 Å². The lowest BCUT2D eigenvalue weighted by atomic mass is 9.79. The molecule has 0 aliphatic carbocycles. The van der Waals surface area contributed by atoms with Gasteiger partial charge >= 0.3 is 0 Å². The summed E-state index contributed by atoms with van der Waals surface area (Å²) in [5.41, 5.74) is -0.998. The zero-order chi connectivity index (χ0) is 10.9. The van der Waals surface area contributed by atoms with E-state index in [4.69, 9.17) is 15.4 Å². The predicted octanol–water partition coefficient (Wildman–Crippen LogP) is 1.76. The van der Waals surface area contributed by atoms with Crippen LogP contribution in [0.5, 0.6) is 0 Å². The lowest BCUT2D eigenvalue weighted by Crippen LogP contribution is -2.37. The summed E-state index contributed by atoms with van der Waals surface area (Å²) < 4.78 is 5.00. The average molecular weight is 257 g/mol. The molecule has 0 saturated carbocycles. The topological polar surface area (TPSA) is 73.9 Å². The molecule has 74 valence electrons. The van der Waals surface area contributed by atoms with Crippen molar-refractivity contribution in [1.82, 2.24) is 0 Å². The van der Waals surface area contributed by atoms with E-state index in [9.17, 15) is 4.79 Å². The van der Waals surface area contributed by atoms with Crippen molar-refractivity contribution in [2.45, 2.75) is 13.8 Å². The molecule has 1 N–H and O–H groups in total. The van der Waals surface area contributed by atoms with Gasteiger partial charge in [0, 0.05) is 5.57 Å². The van der Waals surface area contributed by atoms with Crippen LogP contribution in [-0.2, 0) is 9.53 Å². The highest BCUT2D eigenvalue weighted by Gasteiger charge is 2.51. The summed E-state index contributed by atoms with van der Waals surface area (Å²) in [6.07, 6.45) is 0. The number of allylic oxidation sites excluding steroid dienone is 1. The first-order valence-corrected chi connectivity index (χ1v) is 5.08. The van der Waals surface area contributed by atoms with E-state index in [1.165, 1.54) is 0 Å². The highest BCUT2D eigenvalue weighted by molar-refractivity contribution is 9.09. The van der Waals surface area contributed by atoms with Gasteiger partial charge in [0.15, 0.2) is 5.78 Å². The van der Waals surface area contributed by atoms with E-state index in [1.807, 2.05) is 6.07 Å². The quantitative estimate of drug-likeness (QED) is 0.766. The van der Waals surface area contributed by atoms with Crippen molar-refractivity contribution in [2.24, 2.45) is 5.41 Å². The van der Waals surface area contributed by atoms with Gasteiger partial charge in [-0.05, 0) is 13.8 Å². The fraction of sp³-hybridized carbons (Fsp3) is 0.444. The summed E-state index contributed by atoms with van der Waals surface area (Å²) in [5, 5.41) is 16.6. The van der Waals surface area contributed by atoms with E-state index < -0.39 is 5.41 Å². The Morgan fingerprint density at radius 1 is 1.71 bits per heavy atom. The maximum absolute atomic E-state index is 11.6. The minimum atomic E-state index is -1.51. The van der Waals surface area contributed by atoms with Crippen LogP contribution in [-0.4, -0.2) is 17.0 Å². The molecule has 5 heteroatoms. The molecule has 14 heavy (non-hydrogen) atoms. The number of carbonyl (C=O) groups is 1. The van der Waals surface area contributed by atoms with Gasteiger partial charge in [-0.15, -0.1) is 0 Å². The molecule has 0 amide bonds. The van der Waals surface area contributed by atoms with Gasteiger partial charge < -0.3 is 4.74 Å². The molecule has 1 atom stereocenters. The highest BCUT2D eigenvalue weighted by Crippen LogP contribution is 2.38. The normalized spacial score (nSPS) is 26.0. The van der Waals surface area contributed by atoms with E-state index in [-0.39, 0.29) is 17.0 Å². The van der Waals surface area contributed by atoms with E-state index >= 15 is 0 Å². The summed E-state index contributed by atoms with van der Waals surface area (Å²) in [5.74, 6) is -0.190. The number of hydrogen-bond donors (Lipinski definition) is 1. The Kier molecular flexibility index (Phi) is 2.76. The number of nitriles is 1. The average Bonchev–Trinajstić information content (AvgIpc) is 2.39. The Morgan fingerprint density at radius 2 is 2.29 bits per heavy atom. The first kappa shape index (κ1) is 10.9. The van der Waals surface area contributed by atoms with Gasteiger partial charge in [0.05, 0.1) is 11.4 Å². The Bertz CT molecular complexity index is 381. The summed E-state index contributed by atoms with van der Waals surface area (Å²) in [6, 6.07) is 1.87. The summed E-state index contributed by atoms with van der Waals surface area (Å²) in [7, 11) is 0. The third-order valence-electron chi connectivity index (χ3n) is 2.39. The molecule has 4 nitrogen and oxygen atoms in total. The number of carbonyl (C=O) groups excluding carboxylic acids is 1. The fourth-order valence-electron chi connectivity index (χ4n) is 1.37. The molecule has 0 aromatic heterocycles. The van der Waals surface area contributed by atoms with Gasteiger partial charge in [-0.1, -0.05) is 15.9 Å². The third kappa shape index (κ3) is 1.18. The minimum Gasteiger partial charge on any atom is -0.446 e. The van der Waals surface area contributed by atoms with Gasteiger partial charge in [-0.3, -0.25) is 10.2 Å². The largest absolute Gasteiger partial charge is 0.446 e. The summed E-state index contributed by atoms with van der Waals surface area (Å²) in [4.78, 5) is 11.6. The smallest absolute Gasteiger partial charge is 0.219 e. The van der Waals surface area contributed by atoms with Gasteiger partial charge in [-0.2, -0.15) is 5.26 Å². The molecule has 0 bridgehead atoms. The van der Waals surface area contributed by atoms with Crippen molar-refractivity contribution < 1.29 is 9.53 Å². The maximum atomic E-state index is 11.6. The van der Waals surface area contributed by atoms with Crippen LogP contribution in [0, 0.1) is 22.2 Å². The van der Waals surface area contributed by atoms with Crippen LogP contribution in [0.4, 0.5) is 0 Å². The molecule has 0 radical (unpaired) electrons. The van der Waals surface area contributed by atoms with Crippen LogP contribution in [0.1, 0.15) is 13.8 Å². The number of alkyl halides is 1. The van der Waals surface area contributed by atoms with Crippen LogP contribution in [0.3, 0.4) is 0 Å². The number of nitrogens with one attached hydrogen (secondary N) is 1. The lowest BCUT2D eigenvalue weighted by Gasteiger charge is -2.17. The van der Waals surface area contributed by atoms with Crippen LogP contribution in [0.15, 0.2) is 11.3 Å². The lowest BCUT2D eigenvalue weighted by molar-refractivity contribution is -0.119. The summed E-state index contributed by atoms with van der Waals surface area (Å²) in [6.45, 7) is 3.28. The van der Waals surface area contributed by atoms with E-state index in [2.05, 4.69) is 15.9 Å². The second-order valence-electron chi connectivity index (χ2n) is 3.03. The zero-order valence-electron chi connectivity index (χ0n) is 7.85. The molecule has 0 aromatic rings. The molecule has 0 aromatic carbocycles. The Labute approximate surface area is 90.2 Å². The molecule has 0 saturated heterocycles. The number of rotatable bonds is 2. The van der Waals surface area contributed by atoms with Crippen LogP contribution < -0.4 is 0 Å². The molecule has 1 heterocycles. The standard InChI is InChI=1S/C9H9BrN2O2/c1-5-6(2)14-8(12)9(5,4-11)7(13)3-10/h12H,3H2,1-2H3/t9-/m1/s1. The third-order valence-corrected chi connectivity index (χ3v) is 2.90. The van der Waals surface area contributed by atoms with E-state index in [0.29, 0.717) is 11.3 Å². The van der Waals surface area contributed by atoms with Gasteiger partial charge in [-0.25, -0.2) is 0 Å². The Hall–Kier alpha value is -1.15. The van der Waals surface area contributed by atoms with Crippen molar-refractivity contribution in [3.05, 3.63) is 11.3 Å². The Balaban J connectivity index is 3.33. The number of ether oxygens (including phenoxy) is 1. The van der Waals surface area contributed by atoms with Crippen LogP contribution >= 0.6 is 15.9 Å². The van der Waals surface area contributed by atoms with E-state index in [0.717, 1.165) is 0 Å². The SMILES string of the molecule is CC1=C(C)[C@](C#N)(C(=O)CBr)C(=N)O1. The Morgan fingerprint density at radius 3 is 2.57 bits per heavy atom. The van der Waals surface area contributed by atoms with E-state index in [1.54, 1.807) is 13.8 Å². The maximum Gasteiger partial charge on any atom is 0.219 e. The van der Waals surface area contributed by atoms with Gasteiger partial charge in [0.1, 0.15) is 5.76 Å².